The molecule has 0 radical (unpaired) electrons. The maximum absolute atomic E-state index is 14.2. The van der Waals surface area contributed by atoms with Crippen LogP contribution < -0.4 is 10.2 Å². The summed E-state index contributed by atoms with van der Waals surface area (Å²) in [6.07, 6.45) is 0.801. The normalized spacial score (nSPS) is 11.9. The molecule has 1 heterocycles. The van der Waals surface area contributed by atoms with E-state index in [0.29, 0.717) is 40.3 Å². The molecule has 38 heavy (non-hydrogen) atoms. The van der Waals surface area contributed by atoms with Crippen LogP contribution in [-0.2, 0) is 16.1 Å². The number of hydrogen-bond acceptors (Lipinski definition) is 5. The lowest BCUT2D eigenvalue weighted by Gasteiger charge is -2.33. The summed E-state index contributed by atoms with van der Waals surface area (Å²) in [6, 6.07) is 20.8. The lowest BCUT2D eigenvalue weighted by atomic mass is 9.96. The second-order valence-electron chi connectivity index (χ2n) is 9.81. The molecule has 0 fully saturated rings. The fraction of sp³-hybridized carbons (Fsp3) is 0.300. The van der Waals surface area contributed by atoms with Crippen LogP contribution in [0.4, 0.5) is 5.69 Å². The van der Waals surface area contributed by atoms with Gasteiger partial charge in [0.05, 0.1) is 11.2 Å². The fourth-order valence-corrected chi connectivity index (χ4v) is 4.51. The quantitative estimate of drug-likeness (QED) is 0.306. The van der Waals surface area contributed by atoms with Crippen molar-refractivity contribution in [2.24, 2.45) is 5.92 Å². The highest BCUT2D eigenvalue weighted by Gasteiger charge is 2.35. The topological polar surface area (TPSA) is 97.2 Å². The minimum atomic E-state index is -0.994. The summed E-state index contributed by atoms with van der Waals surface area (Å²) in [5.74, 6) is -0.492. The van der Waals surface area contributed by atoms with Crippen LogP contribution in [-0.4, -0.2) is 39.1 Å². The van der Waals surface area contributed by atoms with E-state index in [-0.39, 0.29) is 24.1 Å². The molecule has 4 rings (SSSR count). The molecule has 8 nitrogen and oxygen atoms in total. The van der Waals surface area contributed by atoms with Gasteiger partial charge in [0.15, 0.2) is 5.78 Å². The predicted molar refractivity (Wildman–Crippen MR) is 148 cm³/mol. The highest BCUT2D eigenvalue weighted by Crippen LogP contribution is 2.33. The Morgan fingerprint density at radius 3 is 2.37 bits per heavy atom. The Kier molecular flexibility index (Phi) is 8.31. The van der Waals surface area contributed by atoms with Crippen LogP contribution in [0.25, 0.3) is 11.0 Å². The number of rotatable bonds is 10. The van der Waals surface area contributed by atoms with Gasteiger partial charge in [0.2, 0.25) is 11.8 Å². The van der Waals surface area contributed by atoms with Gasteiger partial charge in [-0.05, 0) is 61.6 Å². The fourth-order valence-electron chi connectivity index (χ4n) is 4.51. The van der Waals surface area contributed by atoms with Gasteiger partial charge in [-0.2, -0.15) is 0 Å². The number of anilines is 1. The zero-order valence-electron chi connectivity index (χ0n) is 22.2. The van der Waals surface area contributed by atoms with E-state index >= 15 is 0 Å². The van der Waals surface area contributed by atoms with Crippen molar-refractivity contribution >= 4 is 34.3 Å². The second-order valence-corrected chi connectivity index (χ2v) is 9.81. The Balaban J connectivity index is 1.85. The van der Waals surface area contributed by atoms with Crippen LogP contribution in [0.1, 0.15) is 54.7 Å². The van der Waals surface area contributed by atoms with E-state index in [0.717, 1.165) is 12.0 Å². The van der Waals surface area contributed by atoms with Crippen LogP contribution in [0, 0.1) is 12.8 Å². The number of aryl methyl sites for hydroxylation is 1. The minimum Gasteiger partial charge on any atom is -0.354 e. The van der Waals surface area contributed by atoms with E-state index in [2.05, 4.69) is 29.5 Å². The maximum atomic E-state index is 14.2. The van der Waals surface area contributed by atoms with E-state index in [4.69, 9.17) is 0 Å². The first-order valence-electron chi connectivity index (χ1n) is 12.8. The van der Waals surface area contributed by atoms with Crippen molar-refractivity contribution in [3.8, 4) is 0 Å². The number of carbonyl (C=O) groups excluding carboxylic acids is 3. The number of para-hydroxylation sites is 2. The van der Waals surface area contributed by atoms with E-state index in [9.17, 15) is 14.4 Å². The number of ketones is 1. The molecule has 8 heteroatoms. The average molecular weight is 512 g/mol. The predicted octanol–water partition coefficient (Wildman–Crippen LogP) is 4.88. The minimum absolute atomic E-state index is 0.158. The van der Waals surface area contributed by atoms with Gasteiger partial charge in [-0.15, -0.1) is 5.10 Å². The summed E-state index contributed by atoms with van der Waals surface area (Å²) in [6.45, 7) is 7.86. The van der Waals surface area contributed by atoms with E-state index < -0.39 is 6.04 Å². The number of amides is 2. The van der Waals surface area contributed by atoms with E-state index in [1.54, 1.807) is 24.3 Å². The molecule has 0 aliphatic carbocycles. The smallest absolute Gasteiger partial charge is 0.249 e. The summed E-state index contributed by atoms with van der Waals surface area (Å²) >= 11 is 0. The van der Waals surface area contributed by atoms with Gasteiger partial charge in [-0.1, -0.05) is 67.6 Å². The van der Waals surface area contributed by atoms with E-state index in [1.807, 2.05) is 55.5 Å². The molecular formula is C30H33N5O3. The highest BCUT2D eigenvalue weighted by molar-refractivity contribution is 6.08. The molecule has 4 aromatic rings. The molecule has 0 bridgehead atoms. The Hall–Kier alpha value is -4.33. The summed E-state index contributed by atoms with van der Waals surface area (Å²) in [5.41, 5.74) is 3.65. The van der Waals surface area contributed by atoms with Crippen LogP contribution >= 0.6 is 0 Å². The van der Waals surface area contributed by atoms with Crippen molar-refractivity contribution in [3.63, 3.8) is 0 Å². The number of nitrogens with zero attached hydrogens (tertiary/aromatic N) is 4. The molecule has 196 valence electrons. The van der Waals surface area contributed by atoms with Crippen molar-refractivity contribution in [1.29, 1.82) is 0 Å². The highest BCUT2D eigenvalue weighted by atomic mass is 16.2. The van der Waals surface area contributed by atoms with Gasteiger partial charge in [0.25, 0.3) is 0 Å². The van der Waals surface area contributed by atoms with Crippen LogP contribution in [0.3, 0.4) is 0 Å². The zero-order chi connectivity index (χ0) is 27.2. The molecular weight excluding hydrogens is 478 g/mol. The Morgan fingerprint density at radius 1 is 0.947 bits per heavy atom. The number of nitrogens with one attached hydrogen (secondary N) is 1. The van der Waals surface area contributed by atoms with Gasteiger partial charge in [0.1, 0.15) is 18.1 Å². The van der Waals surface area contributed by atoms with Crippen molar-refractivity contribution in [2.45, 2.75) is 46.7 Å². The molecule has 0 unspecified atom stereocenters. The van der Waals surface area contributed by atoms with Gasteiger partial charge in [0, 0.05) is 12.1 Å². The summed E-state index contributed by atoms with van der Waals surface area (Å²) in [5, 5.41) is 11.4. The van der Waals surface area contributed by atoms with Gasteiger partial charge in [-0.3, -0.25) is 19.3 Å². The maximum Gasteiger partial charge on any atom is 0.249 e. The Labute approximate surface area is 222 Å². The molecule has 0 spiro atoms. The summed E-state index contributed by atoms with van der Waals surface area (Å²) in [7, 11) is 0. The Bertz CT molecular complexity index is 1460. The van der Waals surface area contributed by atoms with Crippen molar-refractivity contribution in [1.82, 2.24) is 20.3 Å². The first-order chi connectivity index (χ1) is 18.3. The largest absolute Gasteiger partial charge is 0.354 e. The first kappa shape index (κ1) is 26.7. The Morgan fingerprint density at radius 2 is 1.63 bits per heavy atom. The third-order valence-electron chi connectivity index (χ3n) is 6.53. The molecule has 1 aromatic heterocycles. The lowest BCUT2D eigenvalue weighted by Crippen LogP contribution is -2.46. The summed E-state index contributed by atoms with van der Waals surface area (Å²) in [4.78, 5) is 42.2. The molecule has 0 aliphatic heterocycles. The third kappa shape index (κ3) is 5.80. The molecule has 0 saturated carbocycles. The number of benzene rings is 3. The van der Waals surface area contributed by atoms with Crippen LogP contribution in [0.15, 0.2) is 72.8 Å². The molecule has 2 amide bonds. The van der Waals surface area contributed by atoms with Crippen molar-refractivity contribution < 1.29 is 14.4 Å². The average Bonchev–Trinajstić information content (AvgIpc) is 3.30. The van der Waals surface area contributed by atoms with Gasteiger partial charge < -0.3 is 5.32 Å². The van der Waals surface area contributed by atoms with Gasteiger partial charge in [-0.25, -0.2) is 4.68 Å². The number of carbonyl (C=O) groups is 3. The van der Waals surface area contributed by atoms with Crippen LogP contribution in [0.2, 0.25) is 0 Å². The van der Waals surface area contributed by atoms with Gasteiger partial charge >= 0.3 is 0 Å². The number of Topliss-reactive ketones (excluding diaryl/α,β-unsaturated/α-hetero) is 1. The lowest BCUT2D eigenvalue weighted by molar-refractivity contribution is -0.127. The first-order valence-corrected chi connectivity index (χ1v) is 12.8. The SMILES string of the molecule is CC(=O)c1ccccc1N(C(=O)Cn1nnc2ccccc21)[C@H](C(=O)NCCC(C)C)c1ccccc1C. The number of hydrogen-bond donors (Lipinski definition) is 1. The van der Waals surface area contributed by atoms with E-state index in [1.165, 1.54) is 16.5 Å². The zero-order valence-corrected chi connectivity index (χ0v) is 22.2. The monoisotopic (exact) mass is 511 g/mol. The standard InChI is InChI=1S/C30H33N5O3/c1-20(2)17-18-31-30(38)29(23-12-6-5-11-21(23)3)35(26-15-9-7-13-24(26)22(4)36)28(37)19-34-27-16-10-8-14-25(27)32-33-34/h5-16,20,29H,17-19H2,1-4H3,(H,31,38)/t29-/m0/s1. The van der Waals surface area contributed by atoms with Crippen molar-refractivity contribution in [2.75, 3.05) is 11.4 Å². The molecule has 1 N–H and O–H groups in total. The third-order valence-corrected chi connectivity index (χ3v) is 6.53. The molecule has 1 atom stereocenters. The molecule has 0 saturated heterocycles. The number of aromatic nitrogens is 3. The molecule has 0 aliphatic rings. The van der Waals surface area contributed by atoms with Crippen LogP contribution in [0.5, 0.6) is 0 Å². The summed E-state index contributed by atoms with van der Waals surface area (Å²) < 4.78 is 1.52. The number of fused-ring (bicyclic) bond motifs is 1. The molecule has 3 aromatic carbocycles. The van der Waals surface area contributed by atoms with Crippen molar-refractivity contribution in [3.05, 3.63) is 89.5 Å². The second kappa shape index (κ2) is 11.8.